The molecule has 2 heterocycles. The maximum atomic E-state index is 5.97. The lowest BCUT2D eigenvalue weighted by Crippen LogP contribution is -2.04. The van der Waals surface area contributed by atoms with Gasteiger partial charge >= 0.3 is 0 Å². The molecule has 86 valence electrons. The van der Waals surface area contributed by atoms with Crippen molar-refractivity contribution >= 4 is 60.6 Å². The predicted octanol–water partition coefficient (Wildman–Crippen LogP) is 4.06. The summed E-state index contributed by atoms with van der Waals surface area (Å²) in [4.78, 5) is 1.11. The van der Waals surface area contributed by atoms with Crippen molar-refractivity contribution in [2.45, 2.75) is 13.5 Å². The molecule has 0 fully saturated rings. The minimum atomic E-state index is 0.633. The van der Waals surface area contributed by atoms with Crippen LogP contribution in [0, 0.1) is 6.92 Å². The van der Waals surface area contributed by atoms with Gasteiger partial charge < -0.3 is 5.73 Å². The summed E-state index contributed by atoms with van der Waals surface area (Å²) in [5.41, 5.74) is 6.80. The van der Waals surface area contributed by atoms with E-state index in [2.05, 4.69) is 37.0 Å². The van der Waals surface area contributed by atoms with Gasteiger partial charge in [0.25, 0.3) is 0 Å². The highest BCUT2D eigenvalue weighted by Gasteiger charge is 2.12. The van der Waals surface area contributed by atoms with Gasteiger partial charge in [0, 0.05) is 9.35 Å². The van der Waals surface area contributed by atoms with Gasteiger partial charge in [-0.25, -0.2) is 4.68 Å². The first-order valence-electron chi connectivity index (χ1n) is 4.41. The zero-order valence-electron chi connectivity index (χ0n) is 8.30. The molecule has 7 heteroatoms. The van der Waals surface area contributed by atoms with E-state index in [4.69, 9.17) is 17.3 Å². The van der Waals surface area contributed by atoms with Gasteiger partial charge in [-0.1, -0.05) is 11.6 Å². The molecule has 0 atom stereocenters. The topological polar surface area (TPSA) is 43.8 Å². The Kier molecular flexibility index (Phi) is 3.63. The van der Waals surface area contributed by atoms with Crippen LogP contribution < -0.4 is 5.73 Å². The Morgan fingerprint density at radius 1 is 1.56 bits per heavy atom. The molecular formula is C9H8Br2ClN3S. The number of thiophene rings is 1. The summed E-state index contributed by atoms with van der Waals surface area (Å²) in [7, 11) is 0. The van der Waals surface area contributed by atoms with Crippen LogP contribution in [0.2, 0.25) is 4.34 Å². The van der Waals surface area contributed by atoms with E-state index in [1.165, 1.54) is 11.3 Å². The molecule has 0 spiro atoms. The number of nitrogens with two attached hydrogens (primary N) is 1. The van der Waals surface area contributed by atoms with Crippen molar-refractivity contribution in [1.82, 2.24) is 9.78 Å². The quantitative estimate of drug-likeness (QED) is 0.847. The molecule has 3 nitrogen and oxygen atoms in total. The lowest BCUT2D eigenvalue weighted by atomic mass is 10.4. The Balaban J connectivity index is 2.30. The van der Waals surface area contributed by atoms with Gasteiger partial charge in [-0.15, -0.1) is 11.3 Å². The van der Waals surface area contributed by atoms with Crippen LogP contribution in [0.25, 0.3) is 0 Å². The molecule has 0 aromatic carbocycles. The van der Waals surface area contributed by atoms with Gasteiger partial charge in [0.2, 0.25) is 0 Å². The summed E-state index contributed by atoms with van der Waals surface area (Å²) >= 11 is 14.3. The first-order chi connectivity index (χ1) is 7.49. The minimum absolute atomic E-state index is 0.633. The first kappa shape index (κ1) is 12.4. The van der Waals surface area contributed by atoms with Gasteiger partial charge in [0.1, 0.15) is 10.2 Å². The third kappa shape index (κ3) is 2.30. The van der Waals surface area contributed by atoms with Crippen LogP contribution >= 0.6 is 54.8 Å². The fraction of sp³-hybridized carbons (Fsp3) is 0.222. The van der Waals surface area contributed by atoms with Crippen LogP contribution in [0.1, 0.15) is 10.6 Å². The second-order valence-corrected chi connectivity index (χ2v) is 6.66. The van der Waals surface area contributed by atoms with Gasteiger partial charge in [0.15, 0.2) is 0 Å². The highest BCUT2D eigenvalue weighted by atomic mass is 79.9. The van der Waals surface area contributed by atoms with Crippen molar-refractivity contribution < 1.29 is 0 Å². The number of hydrogen-bond donors (Lipinski definition) is 1. The minimum Gasteiger partial charge on any atom is -0.383 e. The third-order valence-corrected chi connectivity index (χ3v) is 5.53. The van der Waals surface area contributed by atoms with E-state index in [9.17, 15) is 0 Å². The van der Waals surface area contributed by atoms with E-state index in [-0.39, 0.29) is 0 Å². The maximum Gasteiger partial charge on any atom is 0.136 e. The number of halogens is 3. The SMILES string of the molecule is Cc1nn(Cc2cc(Br)c(Cl)s2)c(N)c1Br. The van der Waals surface area contributed by atoms with Gasteiger partial charge in [-0.2, -0.15) is 5.10 Å². The summed E-state index contributed by atoms with van der Waals surface area (Å²) in [5, 5.41) is 4.34. The molecule has 0 saturated carbocycles. The van der Waals surface area contributed by atoms with Crippen molar-refractivity contribution in [2.24, 2.45) is 0 Å². The highest BCUT2D eigenvalue weighted by molar-refractivity contribution is 9.11. The predicted molar refractivity (Wildman–Crippen MR) is 75.2 cm³/mol. The molecule has 0 aliphatic rings. The van der Waals surface area contributed by atoms with Crippen molar-refractivity contribution in [3.63, 3.8) is 0 Å². The third-order valence-electron chi connectivity index (χ3n) is 2.09. The van der Waals surface area contributed by atoms with Crippen LogP contribution in [0.5, 0.6) is 0 Å². The molecule has 2 rings (SSSR count). The van der Waals surface area contributed by atoms with Crippen LogP contribution in [0.4, 0.5) is 5.82 Å². The van der Waals surface area contributed by atoms with E-state index >= 15 is 0 Å². The number of nitrogens with zero attached hydrogens (tertiary/aromatic N) is 2. The van der Waals surface area contributed by atoms with E-state index in [1.54, 1.807) is 4.68 Å². The standard InChI is InChI=1S/C9H8Br2ClN3S/c1-4-7(11)9(13)15(14-4)3-5-2-6(10)8(12)16-5/h2H,3,13H2,1H3. The fourth-order valence-electron chi connectivity index (χ4n) is 1.31. The van der Waals surface area contributed by atoms with Crippen LogP contribution in [-0.2, 0) is 6.54 Å². The van der Waals surface area contributed by atoms with Crippen LogP contribution in [0.3, 0.4) is 0 Å². The van der Waals surface area contributed by atoms with E-state index in [0.29, 0.717) is 12.4 Å². The second kappa shape index (κ2) is 4.68. The van der Waals surface area contributed by atoms with Crippen molar-refractivity contribution in [2.75, 3.05) is 5.73 Å². The molecule has 0 aliphatic carbocycles. The van der Waals surface area contributed by atoms with E-state index < -0.39 is 0 Å². The van der Waals surface area contributed by atoms with Gasteiger partial charge in [-0.05, 0) is 44.8 Å². The normalized spacial score (nSPS) is 11.0. The van der Waals surface area contributed by atoms with Crippen molar-refractivity contribution in [1.29, 1.82) is 0 Å². The van der Waals surface area contributed by atoms with Crippen molar-refractivity contribution in [3.8, 4) is 0 Å². The molecule has 0 unspecified atom stereocenters. The maximum absolute atomic E-state index is 5.97. The number of aromatic nitrogens is 2. The number of aryl methyl sites for hydroxylation is 1. The van der Waals surface area contributed by atoms with Crippen LogP contribution in [0.15, 0.2) is 15.0 Å². The molecule has 0 bridgehead atoms. The van der Waals surface area contributed by atoms with Gasteiger partial charge in [0.05, 0.1) is 16.7 Å². The molecule has 0 aliphatic heterocycles. The first-order valence-corrected chi connectivity index (χ1v) is 7.19. The zero-order valence-corrected chi connectivity index (χ0v) is 13.0. The smallest absolute Gasteiger partial charge is 0.136 e. The Morgan fingerprint density at radius 3 is 2.69 bits per heavy atom. The largest absolute Gasteiger partial charge is 0.383 e. The van der Waals surface area contributed by atoms with Crippen LogP contribution in [-0.4, -0.2) is 9.78 Å². The summed E-state index contributed by atoms with van der Waals surface area (Å²) in [6.07, 6.45) is 0. The number of rotatable bonds is 2. The van der Waals surface area contributed by atoms with E-state index in [0.717, 1.165) is 23.9 Å². The lowest BCUT2D eigenvalue weighted by molar-refractivity contribution is 0.697. The van der Waals surface area contributed by atoms with Crippen molar-refractivity contribution in [3.05, 3.63) is 29.9 Å². The van der Waals surface area contributed by atoms with Gasteiger partial charge in [-0.3, -0.25) is 0 Å². The molecular weight excluding hydrogens is 377 g/mol. The Hall–Kier alpha value is -0.0400. The molecule has 0 radical (unpaired) electrons. The molecule has 0 amide bonds. The zero-order chi connectivity index (χ0) is 11.9. The lowest BCUT2D eigenvalue weighted by Gasteiger charge is -2.00. The molecule has 0 saturated heterocycles. The molecule has 2 N–H and O–H groups in total. The summed E-state index contributed by atoms with van der Waals surface area (Å²) < 4.78 is 4.27. The Morgan fingerprint density at radius 2 is 2.25 bits per heavy atom. The monoisotopic (exact) mass is 383 g/mol. The summed E-state index contributed by atoms with van der Waals surface area (Å²) in [6, 6.07) is 1.98. The Bertz CT molecular complexity index is 516. The summed E-state index contributed by atoms with van der Waals surface area (Å²) in [6.45, 7) is 2.54. The Labute approximate surface area is 119 Å². The number of nitrogen functional groups attached to an aromatic ring is 1. The average molecular weight is 386 g/mol. The summed E-state index contributed by atoms with van der Waals surface area (Å²) in [5.74, 6) is 0.637. The number of hydrogen-bond acceptors (Lipinski definition) is 3. The average Bonchev–Trinajstić information content (AvgIpc) is 2.64. The molecule has 16 heavy (non-hydrogen) atoms. The fourth-order valence-corrected chi connectivity index (χ4v) is 3.37. The molecule has 2 aromatic heterocycles. The number of anilines is 1. The highest BCUT2D eigenvalue weighted by Crippen LogP contribution is 2.33. The van der Waals surface area contributed by atoms with E-state index in [1.807, 2.05) is 13.0 Å². The molecule has 2 aromatic rings. The second-order valence-electron chi connectivity index (χ2n) is 3.28.